The van der Waals surface area contributed by atoms with Crippen LogP contribution in [-0.4, -0.2) is 28.5 Å². The molecule has 4 aliphatic carbocycles. The first-order chi connectivity index (χ1) is 14.4. The molecule has 5 nitrogen and oxygen atoms in total. The molecule has 30 heavy (non-hydrogen) atoms. The van der Waals surface area contributed by atoms with Crippen molar-refractivity contribution in [1.29, 1.82) is 0 Å². The van der Waals surface area contributed by atoms with Gasteiger partial charge >= 0.3 is 0 Å². The molecule has 4 aliphatic rings. The summed E-state index contributed by atoms with van der Waals surface area (Å²) in [6.07, 6.45) is 13.9. The summed E-state index contributed by atoms with van der Waals surface area (Å²) in [6.45, 7) is 7.27. The van der Waals surface area contributed by atoms with Gasteiger partial charge in [-0.15, -0.1) is 0 Å². The Morgan fingerprint density at radius 3 is 2.83 bits per heavy atom. The van der Waals surface area contributed by atoms with E-state index in [2.05, 4.69) is 30.1 Å². The molecule has 3 unspecified atom stereocenters. The summed E-state index contributed by atoms with van der Waals surface area (Å²) in [7, 11) is 0. The smallest absolute Gasteiger partial charge is 0.197 e. The number of aromatic nitrogens is 1. The number of hydrogen-bond donors (Lipinski definition) is 1. The minimum absolute atomic E-state index is 0.0873. The van der Waals surface area contributed by atoms with Crippen LogP contribution < -0.4 is 0 Å². The van der Waals surface area contributed by atoms with Gasteiger partial charge in [-0.2, -0.15) is 0 Å². The van der Waals surface area contributed by atoms with Crippen molar-refractivity contribution in [2.45, 2.75) is 84.7 Å². The van der Waals surface area contributed by atoms with E-state index in [1.807, 2.05) is 6.92 Å². The summed E-state index contributed by atoms with van der Waals surface area (Å²) in [6, 6.07) is 0. The Labute approximate surface area is 180 Å². The van der Waals surface area contributed by atoms with Crippen molar-refractivity contribution in [3.63, 3.8) is 0 Å². The first-order valence-corrected chi connectivity index (χ1v) is 11.9. The summed E-state index contributed by atoms with van der Waals surface area (Å²) in [5, 5.41) is 15.1. The van der Waals surface area contributed by atoms with E-state index in [1.54, 1.807) is 11.8 Å². The third-order valence-electron chi connectivity index (χ3n) is 9.19. The molecule has 1 N–H and O–H groups in total. The van der Waals surface area contributed by atoms with Crippen LogP contribution in [0.5, 0.6) is 0 Å². The van der Waals surface area contributed by atoms with Crippen LogP contribution in [0.4, 0.5) is 0 Å². The number of hydrogen-bond acceptors (Lipinski definition) is 5. The number of aliphatic hydroxyl groups is 1. The van der Waals surface area contributed by atoms with Gasteiger partial charge in [0.2, 0.25) is 0 Å². The Hall–Kier alpha value is -1.62. The highest BCUT2D eigenvalue weighted by Gasteiger charge is 2.58. The quantitative estimate of drug-likeness (QED) is 0.544. The Morgan fingerprint density at radius 2 is 2.03 bits per heavy atom. The lowest BCUT2D eigenvalue weighted by molar-refractivity contribution is -0.0722. The van der Waals surface area contributed by atoms with E-state index in [4.69, 9.17) is 9.25 Å². The van der Waals surface area contributed by atoms with E-state index in [0.29, 0.717) is 30.3 Å². The number of fused-ring (bicyclic) bond motifs is 5. The molecule has 1 aromatic heterocycles. The molecule has 0 saturated heterocycles. The largest absolute Gasteiger partial charge is 0.446 e. The lowest BCUT2D eigenvalue weighted by Crippen LogP contribution is -2.51. The molecule has 6 atom stereocenters. The molecular formula is C25H36N2O3. The summed E-state index contributed by atoms with van der Waals surface area (Å²) < 4.78 is 5.49. The predicted molar refractivity (Wildman–Crippen MR) is 116 cm³/mol. The molecule has 0 aliphatic heterocycles. The molecule has 3 fully saturated rings. The van der Waals surface area contributed by atoms with Crippen molar-refractivity contribution in [1.82, 2.24) is 4.98 Å². The maximum absolute atomic E-state index is 10.6. The Morgan fingerprint density at radius 1 is 1.17 bits per heavy atom. The maximum Gasteiger partial charge on any atom is 0.197 e. The van der Waals surface area contributed by atoms with E-state index in [1.165, 1.54) is 38.5 Å². The third-order valence-corrected chi connectivity index (χ3v) is 9.19. The molecule has 3 saturated carbocycles. The molecule has 0 spiro atoms. The van der Waals surface area contributed by atoms with Gasteiger partial charge in [0.25, 0.3) is 0 Å². The molecule has 1 aromatic rings. The van der Waals surface area contributed by atoms with Crippen molar-refractivity contribution >= 4 is 5.71 Å². The number of oxazole rings is 1. The first-order valence-electron chi connectivity index (χ1n) is 11.9. The van der Waals surface area contributed by atoms with Gasteiger partial charge in [0.1, 0.15) is 12.4 Å². The fourth-order valence-electron chi connectivity index (χ4n) is 7.39. The predicted octanol–water partition coefficient (Wildman–Crippen LogP) is 5.22. The SMILES string of the molecule is Cc1cnc(CCO/N=C2\C=C3CCC4C(CC[C@@]5(C)C4CC[C@@H]5O)[C@@]3(C)CC2)o1. The number of nitrogens with zero attached hydrogens (tertiary/aromatic N) is 2. The van der Waals surface area contributed by atoms with Gasteiger partial charge in [-0.3, -0.25) is 0 Å². The standard InChI is InChI=1S/C25H36N2O3/c1-16-15-26-23(30-16)10-13-29-27-18-8-11-24(2)17(14-18)4-5-19-20-6-7-22(28)25(20,3)12-9-21(19)24/h14-15,19-22,28H,4-13H2,1-3H3/b27-18-/t19?,20?,21?,22-,24-,25-/m0/s1. The summed E-state index contributed by atoms with van der Waals surface area (Å²) in [5.41, 5.74) is 3.13. The van der Waals surface area contributed by atoms with Gasteiger partial charge in [0.05, 0.1) is 24.4 Å². The zero-order valence-corrected chi connectivity index (χ0v) is 18.7. The number of aliphatic hydroxyl groups excluding tert-OH is 1. The van der Waals surface area contributed by atoms with Crippen molar-refractivity contribution in [3.8, 4) is 0 Å². The average Bonchev–Trinajstić information content (AvgIpc) is 3.28. The minimum atomic E-state index is -0.0873. The molecular weight excluding hydrogens is 376 g/mol. The molecule has 164 valence electrons. The first kappa shape index (κ1) is 20.3. The highest BCUT2D eigenvalue weighted by Crippen LogP contribution is 2.65. The Balaban J connectivity index is 1.26. The summed E-state index contributed by atoms with van der Waals surface area (Å²) in [4.78, 5) is 9.81. The number of oxime groups is 1. The lowest BCUT2D eigenvalue weighted by atomic mass is 9.47. The molecule has 0 bridgehead atoms. The highest BCUT2D eigenvalue weighted by atomic mass is 16.6. The van der Waals surface area contributed by atoms with Crippen LogP contribution in [0.15, 0.2) is 27.4 Å². The second-order valence-electron chi connectivity index (χ2n) is 10.7. The van der Waals surface area contributed by atoms with Crippen LogP contribution in [0.1, 0.15) is 76.9 Å². The summed E-state index contributed by atoms with van der Waals surface area (Å²) in [5.74, 6) is 3.79. The number of allylic oxidation sites excluding steroid dienone is 2. The fourth-order valence-corrected chi connectivity index (χ4v) is 7.39. The molecule has 5 rings (SSSR count). The second-order valence-corrected chi connectivity index (χ2v) is 10.7. The molecule has 0 radical (unpaired) electrons. The fraction of sp³-hybridized carbons (Fsp3) is 0.760. The average molecular weight is 413 g/mol. The monoisotopic (exact) mass is 412 g/mol. The van der Waals surface area contributed by atoms with Crippen LogP contribution in [-0.2, 0) is 11.3 Å². The Bertz CT molecular complexity index is 858. The van der Waals surface area contributed by atoms with Crippen LogP contribution in [0.3, 0.4) is 0 Å². The maximum atomic E-state index is 10.6. The van der Waals surface area contributed by atoms with Gasteiger partial charge in [-0.25, -0.2) is 4.98 Å². The Kier molecular flexibility index (Phi) is 5.08. The molecule has 1 heterocycles. The van der Waals surface area contributed by atoms with E-state index in [-0.39, 0.29) is 11.5 Å². The van der Waals surface area contributed by atoms with E-state index >= 15 is 0 Å². The van der Waals surface area contributed by atoms with Crippen LogP contribution in [0.25, 0.3) is 0 Å². The molecule has 5 heteroatoms. The summed E-state index contributed by atoms with van der Waals surface area (Å²) >= 11 is 0. The van der Waals surface area contributed by atoms with Crippen LogP contribution in [0.2, 0.25) is 0 Å². The van der Waals surface area contributed by atoms with Crippen molar-refractivity contribution in [2.24, 2.45) is 33.7 Å². The van der Waals surface area contributed by atoms with E-state index < -0.39 is 0 Å². The van der Waals surface area contributed by atoms with Crippen molar-refractivity contribution in [2.75, 3.05) is 6.61 Å². The van der Waals surface area contributed by atoms with Crippen molar-refractivity contribution < 1.29 is 14.4 Å². The van der Waals surface area contributed by atoms with E-state index in [9.17, 15) is 5.11 Å². The van der Waals surface area contributed by atoms with Gasteiger partial charge in [-0.05, 0) is 93.0 Å². The third kappa shape index (κ3) is 3.24. The van der Waals surface area contributed by atoms with Gasteiger partial charge in [-0.1, -0.05) is 24.6 Å². The van der Waals surface area contributed by atoms with Crippen molar-refractivity contribution in [3.05, 3.63) is 29.5 Å². The second kappa shape index (κ2) is 7.51. The van der Waals surface area contributed by atoms with Gasteiger partial charge < -0.3 is 14.4 Å². The number of rotatable bonds is 4. The highest BCUT2D eigenvalue weighted by molar-refractivity contribution is 5.96. The molecule has 0 amide bonds. The van der Waals surface area contributed by atoms with Crippen LogP contribution >= 0.6 is 0 Å². The van der Waals surface area contributed by atoms with Crippen LogP contribution in [0, 0.1) is 35.5 Å². The van der Waals surface area contributed by atoms with Gasteiger partial charge in [0.15, 0.2) is 5.89 Å². The zero-order valence-electron chi connectivity index (χ0n) is 18.7. The number of aryl methyl sites for hydroxylation is 1. The van der Waals surface area contributed by atoms with E-state index in [0.717, 1.165) is 36.1 Å². The normalized spacial score (nSPS) is 41.7. The molecule has 0 aromatic carbocycles. The zero-order chi connectivity index (χ0) is 20.9. The minimum Gasteiger partial charge on any atom is -0.446 e. The van der Waals surface area contributed by atoms with Gasteiger partial charge in [0, 0.05) is 0 Å². The lowest BCUT2D eigenvalue weighted by Gasteiger charge is -2.57. The topological polar surface area (TPSA) is 67.9 Å².